The molecule has 0 aliphatic heterocycles. The van der Waals surface area contributed by atoms with E-state index in [0.29, 0.717) is 5.75 Å². The van der Waals surface area contributed by atoms with Gasteiger partial charge in [-0.1, -0.05) is 12.2 Å². The zero-order valence-electron chi connectivity index (χ0n) is 4.36. The molecule has 0 spiro atoms. The van der Waals surface area contributed by atoms with Gasteiger partial charge in [-0.05, 0) is 6.92 Å². The lowest BCUT2D eigenvalue weighted by molar-refractivity contribution is 1.42. The van der Waals surface area contributed by atoms with Crippen molar-refractivity contribution in [2.45, 2.75) is 11.8 Å². The van der Waals surface area contributed by atoms with Gasteiger partial charge in [0.05, 0.1) is 0 Å². The summed E-state index contributed by atoms with van der Waals surface area (Å²) in [6, 6.07) is 0. The van der Waals surface area contributed by atoms with Crippen molar-refractivity contribution in [3.8, 4) is 0 Å². The molecule has 0 atom stereocenters. The van der Waals surface area contributed by atoms with Crippen LogP contribution in [0, 0.1) is 0 Å². The SMILES string of the molecule is CC(=S)SCC(Cl)Cl. The summed E-state index contributed by atoms with van der Waals surface area (Å²) in [4.78, 5) is -0.294. The maximum atomic E-state index is 5.41. The second-order valence-corrected chi connectivity index (χ2v) is 4.58. The molecular weight excluding hydrogens is 183 g/mol. The smallest absolute Gasteiger partial charge is 0.116 e. The molecule has 0 saturated carbocycles. The maximum Gasteiger partial charge on any atom is 0.117 e. The van der Waals surface area contributed by atoms with E-state index in [1.54, 1.807) is 0 Å². The fourth-order valence-corrected chi connectivity index (χ4v) is 1.12. The Bertz CT molecular complexity index is 82.1. The first kappa shape index (κ1) is 9.02. The van der Waals surface area contributed by atoms with Crippen LogP contribution >= 0.6 is 47.2 Å². The molecule has 0 aliphatic carbocycles. The number of halogens is 2. The number of thioether (sulfide) groups is 1. The predicted octanol–water partition coefficient (Wildman–Crippen LogP) is 2.87. The Morgan fingerprint density at radius 2 is 2.25 bits per heavy atom. The summed E-state index contributed by atoms with van der Waals surface area (Å²) in [7, 11) is 0. The fourth-order valence-electron chi connectivity index (χ4n) is 0.180. The van der Waals surface area contributed by atoms with E-state index in [4.69, 9.17) is 35.4 Å². The highest BCUT2D eigenvalue weighted by Crippen LogP contribution is 2.12. The predicted molar refractivity (Wildman–Crippen MR) is 46.2 cm³/mol. The Morgan fingerprint density at radius 3 is 2.38 bits per heavy atom. The van der Waals surface area contributed by atoms with Crippen LogP contribution in [-0.2, 0) is 0 Å². The van der Waals surface area contributed by atoms with Gasteiger partial charge < -0.3 is 0 Å². The third-order valence-electron chi connectivity index (χ3n) is 0.413. The summed E-state index contributed by atoms with van der Waals surface area (Å²) in [6.07, 6.45) is 0. The van der Waals surface area contributed by atoms with Crippen molar-refractivity contribution in [3.63, 3.8) is 0 Å². The van der Waals surface area contributed by atoms with E-state index in [0.717, 1.165) is 4.20 Å². The first-order valence-corrected chi connectivity index (χ1v) is 4.31. The Labute approximate surface area is 68.9 Å². The van der Waals surface area contributed by atoms with Crippen LogP contribution in [0.25, 0.3) is 0 Å². The van der Waals surface area contributed by atoms with Crippen LogP contribution in [0.5, 0.6) is 0 Å². The van der Waals surface area contributed by atoms with Gasteiger partial charge in [0.15, 0.2) is 0 Å². The molecule has 0 rings (SSSR count). The Kier molecular flexibility index (Phi) is 5.48. The van der Waals surface area contributed by atoms with Crippen LogP contribution in [0.2, 0.25) is 0 Å². The molecule has 0 radical (unpaired) electrons. The van der Waals surface area contributed by atoms with Crippen molar-refractivity contribution in [2.24, 2.45) is 0 Å². The molecule has 0 bridgehead atoms. The van der Waals surface area contributed by atoms with Crippen LogP contribution < -0.4 is 0 Å². The molecule has 0 aromatic heterocycles. The highest BCUT2D eigenvalue weighted by Gasteiger charge is 1.97. The first-order chi connectivity index (χ1) is 3.63. The molecule has 0 nitrogen and oxygen atoms in total. The highest BCUT2D eigenvalue weighted by molar-refractivity contribution is 8.23. The molecule has 0 saturated heterocycles. The average Bonchev–Trinajstić information content (AvgIpc) is 1.61. The van der Waals surface area contributed by atoms with Gasteiger partial charge in [-0.2, -0.15) is 0 Å². The van der Waals surface area contributed by atoms with Crippen molar-refractivity contribution in [1.82, 2.24) is 0 Å². The van der Waals surface area contributed by atoms with E-state index in [1.807, 2.05) is 6.92 Å². The monoisotopic (exact) mass is 188 g/mol. The topological polar surface area (TPSA) is 0 Å². The summed E-state index contributed by atoms with van der Waals surface area (Å²) in [5, 5.41) is 0. The van der Waals surface area contributed by atoms with Gasteiger partial charge >= 0.3 is 0 Å². The molecule has 0 unspecified atom stereocenters. The fraction of sp³-hybridized carbons (Fsp3) is 0.750. The summed E-state index contributed by atoms with van der Waals surface area (Å²) >= 11 is 17.1. The number of alkyl halides is 2. The lowest BCUT2D eigenvalue weighted by Gasteiger charge is -1.96. The second kappa shape index (κ2) is 4.86. The first-order valence-electron chi connectivity index (χ1n) is 2.04. The van der Waals surface area contributed by atoms with Gasteiger partial charge in [-0.25, -0.2) is 0 Å². The van der Waals surface area contributed by atoms with Crippen LogP contribution in [-0.4, -0.2) is 14.8 Å². The standard InChI is InChI=1S/C4H6Cl2S2/c1-3(7)8-2-4(5)6/h4H,2H2,1H3. The van der Waals surface area contributed by atoms with Crippen molar-refractivity contribution in [3.05, 3.63) is 0 Å². The molecule has 0 aromatic carbocycles. The van der Waals surface area contributed by atoms with Gasteiger partial charge in [-0.3, -0.25) is 0 Å². The number of hydrogen-bond acceptors (Lipinski definition) is 2. The number of thiocarbonyl (C=S) groups is 1. The maximum absolute atomic E-state index is 5.41. The normalized spacial score (nSPS) is 10.0. The highest BCUT2D eigenvalue weighted by atomic mass is 35.5. The Hall–Kier alpha value is 1.02. The van der Waals surface area contributed by atoms with Crippen molar-refractivity contribution in [2.75, 3.05) is 5.75 Å². The lowest BCUT2D eigenvalue weighted by atomic mass is 10.9. The van der Waals surface area contributed by atoms with E-state index in [-0.39, 0.29) is 4.84 Å². The van der Waals surface area contributed by atoms with Gasteiger partial charge in [0.1, 0.15) is 4.84 Å². The lowest BCUT2D eigenvalue weighted by Crippen LogP contribution is -1.92. The molecule has 0 N–H and O–H groups in total. The minimum atomic E-state index is -0.294. The van der Waals surface area contributed by atoms with Crippen molar-refractivity contribution >= 4 is 51.4 Å². The van der Waals surface area contributed by atoms with Gasteiger partial charge in [0, 0.05) is 9.95 Å². The van der Waals surface area contributed by atoms with Crippen LogP contribution in [0.3, 0.4) is 0 Å². The third-order valence-corrected chi connectivity index (χ3v) is 2.35. The molecule has 0 aromatic rings. The zero-order valence-corrected chi connectivity index (χ0v) is 7.50. The van der Waals surface area contributed by atoms with Gasteiger partial charge in [0.25, 0.3) is 0 Å². The van der Waals surface area contributed by atoms with E-state index >= 15 is 0 Å². The second-order valence-electron chi connectivity index (χ2n) is 1.19. The molecule has 0 fully saturated rings. The van der Waals surface area contributed by atoms with E-state index < -0.39 is 0 Å². The molecule has 4 heteroatoms. The third kappa shape index (κ3) is 7.02. The van der Waals surface area contributed by atoms with Crippen molar-refractivity contribution < 1.29 is 0 Å². The Morgan fingerprint density at radius 1 is 1.75 bits per heavy atom. The molecule has 0 amide bonds. The van der Waals surface area contributed by atoms with Gasteiger partial charge in [0.2, 0.25) is 0 Å². The van der Waals surface area contributed by atoms with E-state index in [9.17, 15) is 0 Å². The molecule has 8 heavy (non-hydrogen) atoms. The summed E-state index contributed by atoms with van der Waals surface area (Å²) in [6.45, 7) is 1.86. The number of hydrogen-bond donors (Lipinski definition) is 0. The number of rotatable bonds is 2. The van der Waals surface area contributed by atoms with Crippen LogP contribution in [0.15, 0.2) is 0 Å². The minimum Gasteiger partial charge on any atom is -0.116 e. The molecule has 0 aliphatic rings. The molecule has 48 valence electrons. The van der Waals surface area contributed by atoms with Crippen LogP contribution in [0.1, 0.15) is 6.92 Å². The summed E-state index contributed by atoms with van der Waals surface area (Å²) in [5.74, 6) is 0.693. The van der Waals surface area contributed by atoms with E-state index in [1.165, 1.54) is 11.8 Å². The summed E-state index contributed by atoms with van der Waals surface area (Å²) in [5.41, 5.74) is 0. The van der Waals surface area contributed by atoms with Crippen molar-refractivity contribution in [1.29, 1.82) is 0 Å². The summed E-state index contributed by atoms with van der Waals surface area (Å²) < 4.78 is 0.885. The van der Waals surface area contributed by atoms with Gasteiger partial charge in [-0.15, -0.1) is 35.0 Å². The minimum absolute atomic E-state index is 0.294. The Balaban J connectivity index is 3.05. The zero-order chi connectivity index (χ0) is 6.57. The molecular formula is C4H6Cl2S2. The largest absolute Gasteiger partial charge is 0.117 e. The average molecular weight is 189 g/mol. The van der Waals surface area contributed by atoms with E-state index in [2.05, 4.69) is 0 Å². The molecule has 0 heterocycles. The quantitative estimate of drug-likeness (QED) is 0.484. The van der Waals surface area contributed by atoms with Crippen LogP contribution in [0.4, 0.5) is 0 Å².